The summed E-state index contributed by atoms with van der Waals surface area (Å²) < 4.78 is 5.33. The molecule has 2 aromatic heterocycles. The number of nitrogens with zero attached hydrogens (tertiary/aromatic N) is 1. The largest absolute Gasteiger partial charge is 0.497 e. The van der Waals surface area contributed by atoms with Crippen molar-refractivity contribution in [1.29, 1.82) is 0 Å². The molecule has 0 aliphatic carbocycles. The van der Waals surface area contributed by atoms with Gasteiger partial charge in [0, 0.05) is 41.1 Å². The normalized spacial score (nSPS) is 11.7. The fourth-order valence-electron chi connectivity index (χ4n) is 3.95. The van der Waals surface area contributed by atoms with E-state index in [2.05, 4.69) is 20.6 Å². The average Bonchev–Trinajstić information content (AvgIpc) is 3.12. The van der Waals surface area contributed by atoms with E-state index in [0.29, 0.717) is 24.3 Å². The molecule has 0 radical (unpaired) electrons. The van der Waals surface area contributed by atoms with Crippen molar-refractivity contribution in [3.8, 4) is 5.75 Å². The third-order valence-corrected chi connectivity index (χ3v) is 5.79. The minimum absolute atomic E-state index is 0.141. The van der Waals surface area contributed by atoms with Gasteiger partial charge in [-0.2, -0.15) is 0 Å². The van der Waals surface area contributed by atoms with Crippen LogP contribution in [0.2, 0.25) is 0 Å². The van der Waals surface area contributed by atoms with Crippen molar-refractivity contribution >= 4 is 34.2 Å². The fourth-order valence-corrected chi connectivity index (χ4v) is 3.95. The Labute approximate surface area is 199 Å². The van der Waals surface area contributed by atoms with Gasteiger partial charge in [0.05, 0.1) is 13.5 Å². The maximum Gasteiger partial charge on any atom is 0.246 e. The number of carbonyl (C=O) groups excluding carboxylic acids is 3. The van der Waals surface area contributed by atoms with E-state index in [4.69, 9.17) is 4.74 Å². The number of H-pyrrole nitrogens is 1. The molecule has 0 aliphatic heterocycles. The van der Waals surface area contributed by atoms with Crippen LogP contribution in [0.3, 0.4) is 0 Å². The number of ether oxygens (including phenoxy) is 1. The SMILES string of the molecule is COc1ccc2[nH]c(C)c(CC(=O)N[C@@H](CCCCCC(C)=O)C(=O)Nc3ccncc3)c2c1. The highest BCUT2D eigenvalue weighted by atomic mass is 16.5. The molecule has 8 heteroatoms. The molecule has 180 valence electrons. The third-order valence-electron chi connectivity index (χ3n) is 5.79. The Kier molecular flexibility index (Phi) is 8.79. The van der Waals surface area contributed by atoms with Gasteiger partial charge in [-0.3, -0.25) is 14.6 Å². The van der Waals surface area contributed by atoms with Gasteiger partial charge in [-0.1, -0.05) is 12.8 Å². The highest BCUT2D eigenvalue weighted by Crippen LogP contribution is 2.26. The van der Waals surface area contributed by atoms with Gasteiger partial charge >= 0.3 is 0 Å². The predicted molar refractivity (Wildman–Crippen MR) is 132 cm³/mol. The van der Waals surface area contributed by atoms with Crippen LogP contribution in [0.25, 0.3) is 10.9 Å². The summed E-state index contributed by atoms with van der Waals surface area (Å²) >= 11 is 0. The number of Topliss-reactive ketones (excluding diaryl/α,β-unsaturated/α-hetero) is 1. The van der Waals surface area contributed by atoms with Gasteiger partial charge < -0.3 is 25.1 Å². The molecule has 2 heterocycles. The lowest BCUT2D eigenvalue weighted by atomic mass is 10.0. The van der Waals surface area contributed by atoms with Crippen LogP contribution in [0.15, 0.2) is 42.7 Å². The second-order valence-corrected chi connectivity index (χ2v) is 8.46. The third kappa shape index (κ3) is 6.91. The Morgan fingerprint density at radius 1 is 1.09 bits per heavy atom. The first kappa shape index (κ1) is 25.0. The molecule has 0 aliphatic rings. The van der Waals surface area contributed by atoms with Gasteiger partial charge in [-0.15, -0.1) is 0 Å². The Bertz CT molecular complexity index is 1140. The Morgan fingerprint density at radius 2 is 1.85 bits per heavy atom. The van der Waals surface area contributed by atoms with Crippen LogP contribution in [0.5, 0.6) is 5.75 Å². The number of hydrogen-bond donors (Lipinski definition) is 3. The van der Waals surface area contributed by atoms with E-state index in [1.807, 2.05) is 25.1 Å². The molecule has 8 nitrogen and oxygen atoms in total. The van der Waals surface area contributed by atoms with Crippen molar-refractivity contribution < 1.29 is 19.1 Å². The molecule has 0 bridgehead atoms. The number of ketones is 1. The number of methoxy groups -OCH3 is 1. The molecular formula is C26H32N4O4. The quantitative estimate of drug-likeness (QED) is 0.350. The highest BCUT2D eigenvalue weighted by Gasteiger charge is 2.22. The topological polar surface area (TPSA) is 113 Å². The molecule has 3 rings (SSSR count). The summed E-state index contributed by atoms with van der Waals surface area (Å²) in [5.41, 5.74) is 3.33. The molecular weight excluding hydrogens is 432 g/mol. The maximum atomic E-state index is 13.0. The Balaban J connectivity index is 1.69. The summed E-state index contributed by atoms with van der Waals surface area (Å²) in [7, 11) is 1.61. The van der Waals surface area contributed by atoms with Crippen LogP contribution in [0.4, 0.5) is 5.69 Å². The van der Waals surface area contributed by atoms with E-state index in [9.17, 15) is 14.4 Å². The molecule has 0 spiro atoms. The zero-order valence-electron chi connectivity index (χ0n) is 19.9. The number of fused-ring (bicyclic) bond motifs is 1. The summed E-state index contributed by atoms with van der Waals surface area (Å²) in [6.45, 7) is 3.51. The first-order chi connectivity index (χ1) is 16.4. The number of nitrogens with one attached hydrogen (secondary N) is 3. The number of anilines is 1. The number of pyridine rings is 1. The van der Waals surface area contributed by atoms with Gasteiger partial charge in [0.25, 0.3) is 0 Å². The van der Waals surface area contributed by atoms with E-state index in [-0.39, 0.29) is 24.0 Å². The minimum Gasteiger partial charge on any atom is -0.497 e. The summed E-state index contributed by atoms with van der Waals surface area (Å²) in [5, 5.41) is 6.69. The van der Waals surface area contributed by atoms with Gasteiger partial charge in [0.15, 0.2) is 0 Å². The number of carbonyl (C=O) groups is 3. The molecule has 1 aromatic carbocycles. The molecule has 0 unspecified atom stereocenters. The van der Waals surface area contributed by atoms with E-state index in [1.54, 1.807) is 38.6 Å². The van der Waals surface area contributed by atoms with E-state index >= 15 is 0 Å². The first-order valence-corrected chi connectivity index (χ1v) is 11.5. The number of benzene rings is 1. The van der Waals surface area contributed by atoms with Crippen LogP contribution < -0.4 is 15.4 Å². The summed E-state index contributed by atoms with van der Waals surface area (Å²) in [6.07, 6.45) is 6.67. The average molecular weight is 465 g/mol. The molecule has 3 N–H and O–H groups in total. The molecule has 1 atom stereocenters. The van der Waals surface area contributed by atoms with Gasteiger partial charge in [0.2, 0.25) is 11.8 Å². The van der Waals surface area contributed by atoms with Crippen LogP contribution in [-0.4, -0.2) is 40.7 Å². The van der Waals surface area contributed by atoms with Crippen LogP contribution >= 0.6 is 0 Å². The number of rotatable bonds is 12. The number of aryl methyl sites for hydroxylation is 1. The van der Waals surface area contributed by atoms with Gasteiger partial charge in [0.1, 0.15) is 17.6 Å². The monoisotopic (exact) mass is 464 g/mol. The van der Waals surface area contributed by atoms with Crippen molar-refractivity contribution in [3.05, 3.63) is 54.0 Å². The highest BCUT2D eigenvalue weighted by molar-refractivity contribution is 5.98. The molecule has 34 heavy (non-hydrogen) atoms. The van der Waals surface area contributed by atoms with Gasteiger partial charge in [-0.25, -0.2) is 0 Å². The zero-order chi connectivity index (χ0) is 24.5. The first-order valence-electron chi connectivity index (χ1n) is 11.5. The van der Waals surface area contributed by atoms with E-state index in [1.165, 1.54) is 0 Å². The molecule has 0 saturated heterocycles. The lowest BCUT2D eigenvalue weighted by Gasteiger charge is -2.19. The summed E-state index contributed by atoms with van der Waals surface area (Å²) in [4.78, 5) is 44.4. The number of hydrogen-bond acceptors (Lipinski definition) is 5. The summed E-state index contributed by atoms with van der Waals surface area (Å²) in [5.74, 6) is 0.369. The predicted octanol–water partition coefficient (Wildman–Crippen LogP) is 4.09. The van der Waals surface area contributed by atoms with Crippen molar-refractivity contribution in [1.82, 2.24) is 15.3 Å². The van der Waals surface area contributed by atoms with Crippen LogP contribution in [-0.2, 0) is 20.8 Å². The maximum absolute atomic E-state index is 13.0. The number of aromatic amines is 1. The molecule has 3 aromatic rings. The number of aromatic nitrogens is 2. The molecule has 2 amide bonds. The van der Waals surface area contributed by atoms with E-state index in [0.717, 1.165) is 41.4 Å². The minimum atomic E-state index is -0.682. The lowest BCUT2D eigenvalue weighted by molar-refractivity contribution is -0.126. The van der Waals surface area contributed by atoms with Crippen molar-refractivity contribution in [2.45, 2.75) is 58.4 Å². The smallest absolute Gasteiger partial charge is 0.246 e. The lowest BCUT2D eigenvalue weighted by Crippen LogP contribution is -2.44. The zero-order valence-corrected chi connectivity index (χ0v) is 19.9. The van der Waals surface area contributed by atoms with Crippen LogP contribution in [0.1, 0.15) is 50.3 Å². The molecule has 0 saturated carbocycles. The van der Waals surface area contributed by atoms with Gasteiger partial charge in [-0.05, 0) is 62.6 Å². The summed E-state index contributed by atoms with van der Waals surface area (Å²) in [6, 6.07) is 8.42. The Hall–Kier alpha value is -3.68. The standard InChI is InChI=1S/C26H32N4O4/c1-17(31)7-5-4-6-8-24(26(33)29-19-11-13-27-14-12-19)30-25(32)16-21-18(2)28-23-10-9-20(34-3)15-22(21)23/h9-15,24,28H,4-8,16H2,1-3H3,(H,30,32)(H,27,29,33)/t24-/m0/s1. The number of amides is 2. The van der Waals surface area contributed by atoms with Crippen molar-refractivity contribution in [2.75, 3.05) is 12.4 Å². The second-order valence-electron chi connectivity index (χ2n) is 8.46. The van der Waals surface area contributed by atoms with Crippen molar-refractivity contribution in [2.24, 2.45) is 0 Å². The molecule has 0 fully saturated rings. The Morgan fingerprint density at radius 3 is 2.56 bits per heavy atom. The fraction of sp³-hybridized carbons (Fsp3) is 0.385. The number of unbranched alkanes of at least 4 members (excludes halogenated alkanes) is 2. The second kappa shape index (κ2) is 12.0. The van der Waals surface area contributed by atoms with E-state index < -0.39 is 6.04 Å². The van der Waals surface area contributed by atoms with Crippen LogP contribution in [0, 0.1) is 6.92 Å². The van der Waals surface area contributed by atoms with Crippen molar-refractivity contribution in [3.63, 3.8) is 0 Å².